The van der Waals surface area contributed by atoms with Gasteiger partial charge in [-0.1, -0.05) is 42.8 Å². The third kappa shape index (κ3) is 3.69. The summed E-state index contributed by atoms with van der Waals surface area (Å²) in [5.74, 6) is 1.70. The smallest absolute Gasteiger partial charge is 0.127 e. The van der Waals surface area contributed by atoms with E-state index in [1.807, 2.05) is 0 Å². The number of aryl methyl sites for hydroxylation is 7. The fraction of sp³-hybridized carbons (Fsp3) is 0.400. The predicted molar refractivity (Wildman–Crippen MR) is 132 cm³/mol. The van der Waals surface area contributed by atoms with Crippen molar-refractivity contribution in [1.82, 2.24) is 0 Å². The Hall–Kier alpha value is -2.54. The van der Waals surface area contributed by atoms with E-state index in [2.05, 4.69) is 98.7 Å². The summed E-state index contributed by atoms with van der Waals surface area (Å²) < 4.78 is 6.80. The average Bonchev–Trinajstić information content (AvgIpc) is 2.66. The highest BCUT2D eigenvalue weighted by Gasteiger charge is 2.39. The Bertz CT molecular complexity index is 1120. The molecule has 1 heterocycles. The predicted octanol–water partition coefficient (Wildman–Crippen LogP) is 8.06. The molecule has 0 saturated carbocycles. The first-order valence-electron chi connectivity index (χ1n) is 11.5. The molecular formula is C30H36O. The SMILES string of the molecule is Cc1cc(C)c(C2c3c(C)cc(C)cc3O[C@H](c3cc(C)c(C)c(C)c3)C2C)c(C)c1. The molecule has 0 amide bonds. The lowest BCUT2D eigenvalue weighted by atomic mass is 9.71. The summed E-state index contributed by atoms with van der Waals surface area (Å²) >= 11 is 0. The van der Waals surface area contributed by atoms with Gasteiger partial charge < -0.3 is 4.74 Å². The van der Waals surface area contributed by atoms with Crippen LogP contribution in [0.2, 0.25) is 0 Å². The first-order chi connectivity index (χ1) is 14.6. The van der Waals surface area contributed by atoms with Crippen molar-refractivity contribution in [2.24, 2.45) is 5.92 Å². The molecule has 0 fully saturated rings. The maximum Gasteiger partial charge on any atom is 0.127 e. The molecule has 4 rings (SSSR count). The summed E-state index contributed by atoms with van der Waals surface area (Å²) in [7, 11) is 0. The zero-order chi connectivity index (χ0) is 22.6. The van der Waals surface area contributed by atoms with Crippen molar-refractivity contribution in [3.8, 4) is 5.75 Å². The van der Waals surface area contributed by atoms with E-state index in [9.17, 15) is 0 Å². The highest BCUT2D eigenvalue weighted by molar-refractivity contribution is 5.55. The molecule has 3 atom stereocenters. The number of fused-ring (bicyclic) bond motifs is 1. The number of hydrogen-bond acceptors (Lipinski definition) is 1. The molecular weight excluding hydrogens is 376 g/mol. The molecule has 0 radical (unpaired) electrons. The summed E-state index contributed by atoms with van der Waals surface area (Å²) in [4.78, 5) is 0. The van der Waals surface area contributed by atoms with Crippen LogP contribution >= 0.6 is 0 Å². The molecule has 0 N–H and O–H groups in total. The monoisotopic (exact) mass is 412 g/mol. The van der Waals surface area contributed by atoms with E-state index in [0.717, 1.165) is 5.75 Å². The molecule has 31 heavy (non-hydrogen) atoms. The molecule has 1 aliphatic heterocycles. The quantitative estimate of drug-likeness (QED) is 0.413. The molecule has 162 valence electrons. The van der Waals surface area contributed by atoms with Crippen LogP contribution in [0.4, 0.5) is 0 Å². The highest BCUT2D eigenvalue weighted by Crippen LogP contribution is 2.52. The van der Waals surface area contributed by atoms with Gasteiger partial charge in [0, 0.05) is 17.4 Å². The van der Waals surface area contributed by atoms with Gasteiger partial charge in [-0.05, 0) is 112 Å². The number of rotatable bonds is 2. The van der Waals surface area contributed by atoms with Crippen LogP contribution < -0.4 is 4.74 Å². The topological polar surface area (TPSA) is 9.23 Å². The van der Waals surface area contributed by atoms with E-state index in [1.54, 1.807) is 0 Å². The summed E-state index contributed by atoms with van der Waals surface area (Å²) in [6.45, 7) is 20.2. The first-order valence-corrected chi connectivity index (χ1v) is 11.5. The zero-order valence-corrected chi connectivity index (χ0v) is 20.6. The molecule has 0 saturated heterocycles. The van der Waals surface area contributed by atoms with E-state index in [0.29, 0.717) is 11.8 Å². The van der Waals surface area contributed by atoms with Gasteiger partial charge >= 0.3 is 0 Å². The molecule has 0 spiro atoms. The fourth-order valence-corrected chi connectivity index (χ4v) is 5.81. The van der Waals surface area contributed by atoms with Crippen molar-refractivity contribution in [3.05, 3.63) is 97.6 Å². The van der Waals surface area contributed by atoms with Gasteiger partial charge in [0.05, 0.1) is 0 Å². The van der Waals surface area contributed by atoms with E-state index < -0.39 is 0 Å². The summed E-state index contributed by atoms with van der Waals surface area (Å²) in [6, 6.07) is 13.9. The van der Waals surface area contributed by atoms with Gasteiger partial charge in [0.2, 0.25) is 0 Å². The lowest BCUT2D eigenvalue weighted by Gasteiger charge is -2.41. The summed E-state index contributed by atoms with van der Waals surface area (Å²) in [5.41, 5.74) is 14.9. The van der Waals surface area contributed by atoms with Crippen molar-refractivity contribution >= 4 is 0 Å². The second kappa shape index (κ2) is 7.86. The second-order valence-electron chi connectivity index (χ2n) is 9.96. The van der Waals surface area contributed by atoms with Gasteiger partial charge in [0.1, 0.15) is 11.9 Å². The lowest BCUT2D eigenvalue weighted by molar-refractivity contribution is 0.110. The minimum Gasteiger partial charge on any atom is -0.485 e. The normalized spacial score (nSPS) is 20.4. The number of benzene rings is 3. The van der Waals surface area contributed by atoms with Crippen LogP contribution in [-0.2, 0) is 0 Å². The summed E-state index contributed by atoms with van der Waals surface area (Å²) in [5, 5.41) is 0. The van der Waals surface area contributed by atoms with Crippen LogP contribution in [0.25, 0.3) is 0 Å². The van der Waals surface area contributed by atoms with Gasteiger partial charge in [-0.3, -0.25) is 0 Å². The van der Waals surface area contributed by atoms with Crippen molar-refractivity contribution < 1.29 is 4.74 Å². The standard InChI is InChI=1S/C30H36O/c1-16-10-20(5)27(21(6)11-16)29-24(9)30(25-14-18(3)23(8)19(4)15-25)31-26-13-17(2)12-22(7)28(26)29/h10-15,24,29-30H,1-9H3/t24?,29?,30-/m0/s1. The van der Waals surface area contributed by atoms with Crippen LogP contribution in [0.3, 0.4) is 0 Å². The Morgan fingerprint density at radius 1 is 0.581 bits per heavy atom. The second-order valence-corrected chi connectivity index (χ2v) is 9.96. The number of hydrogen-bond donors (Lipinski definition) is 0. The molecule has 3 aromatic carbocycles. The Kier molecular flexibility index (Phi) is 5.50. The van der Waals surface area contributed by atoms with Crippen LogP contribution in [0.1, 0.15) is 80.1 Å². The Labute approximate surface area is 188 Å². The molecule has 3 aromatic rings. The molecule has 1 aliphatic rings. The Morgan fingerprint density at radius 3 is 1.61 bits per heavy atom. The third-order valence-corrected chi connectivity index (χ3v) is 7.39. The third-order valence-electron chi connectivity index (χ3n) is 7.39. The van der Waals surface area contributed by atoms with Gasteiger partial charge in [-0.2, -0.15) is 0 Å². The fourth-order valence-electron chi connectivity index (χ4n) is 5.81. The van der Waals surface area contributed by atoms with Crippen LogP contribution in [0, 0.1) is 61.3 Å². The zero-order valence-electron chi connectivity index (χ0n) is 20.6. The lowest BCUT2D eigenvalue weighted by Crippen LogP contribution is -2.30. The van der Waals surface area contributed by atoms with Gasteiger partial charge in [0.15, 0.2) is 0 Å². The molecule has 1 heteroatoms. The highest BCUT2D eigenvalue weighted by atomic mass is 16.5. The van der Waals surface area contributed by atoms with Crippen molar-refractivity contribution in [1.29, 1.82) is 0 Å². The molecule has 0 aliphatic carbocycles. The first kappa shape index (κ1) is 21.7. The maximum atomic E-state index is 6.80. The van der Waals surface area contributed by atoms with Crippen molar-refractivity contribution in [2.45, 2.75) is 74.3 Å². The number of ether oxygens (including phenoxy) is 1. The molecule has 1 nitrogen and oxygen atoms in total. The van der Waals surface area contributed by atoms with Gasteiger partial charge in [-0.25, -0.2) is 0 Å². The van der Waals surface area contributed by atoms with E-state index in [4.69, 9.17) is 4.74 Å². The molecule has 2 unspecified atom stereocenters. The van der Waals surface area contributed by atoms with Crippen LogP contribution in [0.5, 0.6) is 5.75 Å². The Balaban J connectivity index is 1.96. The van der Waals surface area contributed by atoms with Crippen LogP contribution in [-0.4, -0.2) is 0 Å². The minimum atomic E-state index is 0.0387. The van der Waals surface area contributed by atoms with Gasteiger partial charge in [-0.15, -0.1) is 0 Å². The van der Waals surface area contributed by atoms with E-state index in [1.165, 1.54) is 61.2 Å². The Morgan fingerprint density at radius 2 is 1.06 bits per heavy atom. The van der Waals surface area contributed by atoms with Crippen molar-refractivity contribution in [2.75, 3.05) is 0 Å². The maximum absolute atomic E-state index is 6.80. The van der Waals surface area contributed by atoms with E-state index >= 15 is 0 Å². The van der Waals surface area contributed by atoms with Gasteiger partial charge in [0.25, 0.3) is 0 Å². The van der Waals surface area contributed by atoms with Crippen LogP contribution in [0.15, 0.2) is 36.4 Å². The van der Waals surface area contributed by atoms with Crippen molar-refractivity contribution in [3.63, 3.8) is 0 Å². The average molecular weight is 413 g/mol. The largest absolute Gasteiger partial charge is 0.485 e. The van der Waals surface area contributed by atoms with E-state index in [-0.39, 0.29) is 6.10 Å². The minimum absolute atomic E-state index is 0.0387. The summed E-state index contributed by atoms with van der Waals surface area (Å²) in [6.07, 6.45) is 0.0387. The molecule has 0 aromatic heterocycles. The molecule has 0 bridgehead atoms.